The molecule has 1 unspecified atom stereocenters. The summed E-state index contributed by atoms with van der Waals surface area (Å²) in [5, 5.41) is 15.7. The molecule has 2 aromatic carbocycles. The third kappa shape index (κ3) is 2.29. The smallest absolute Gasteiger partial charge is 0.269 e. The summed E-state index contributed by atoms with van der Waals surface area (Å²) in [6.45, 7) is 5.15. The molecule has 0 saturated carbocycles. The van der Waals surface area contributed by atoms with Crippen molar-refractivity contribution in [3.8, 4) is 0 Å². The van der Waals surface area contributed by atoms with Crippen molar-refractivity contribution in [1.29, 1.82) is 0 Å². The van der Waals surface area contributed by atoms with Crippen molar-refractivity contribution in [1.82, 2.24) is 10.3 Å². The van der Waals surface area contributed by atoms with Crippen LogP contribution in [0.4, 0.5) is 5.69 Å². The maximum Gasteiger partial charge on any atom is 0.269 e. The maximum atomic E-state index is 10.9. The molecule has 24 heavy (non-hydrogen) atoms. The molecule has 1 aliphatic heterocycles. The van der Waals surface area contributed by atoms with E-state index in [9.17, 15) is 10.1 Å². The molecular formula is C19H19N3O2. The van der Waals surface area contributed by atoms with Crippen molar-refractivity contribution in [2.75, 3.05) is 6.54 Å². The predicted molar refractivity (Wildman–Crippen MR) is 94.4 cm³/mol. The van der Waals surface area contributed by atoms with Gasteiger partial charge in [0.15, 0.2) is 0 Å². The number of benzene rings is 2. The number of rotatable bonds is 2. The van der Waals surface area contributed by atoms with Crippen LogP contribution in [-0.2, 0) is 6.42 Å². The lowest BCUT2D eigenvalue weighted by Gasteiger charge is -2.24. The normalized spacial score (nSPS) is 17.0. The number of nitro benzene ring substituents is 1. The Labute approximate surface area is 139 Å². The van der Waals surface area contributed by atoms with Crippen molar-refractivity contribution in [2.24, 2.45) is 0 Å². The zero-order valence-electron chi connectivity index (χ0n) is 13.7. The molecule has 122 valence electrons. The summed E-state index contributed by atoms with van der Waals surface area (Å²) >= 11 is 0. The average molecular weight is 321 g/mol. The number of nitrogens with zero attached hydrogens (tertiary/aromatic N) is 1. The van der Waals surface area contributed by atoms with Crippen LogP contribution in [0.2, 0.25) is 0 Å². The molecular weight excluding hydrogens is 302 g/mol. The fourth-order valence-electron chi connectivity index (χ4n) is 3.76. The van der Waals surface area contributed by atoms with Gasteiger partial charge in [-0.1, -0.05) is 23.8 Å². The molecule has 1 aromatic heterocycles. The first-order valence-electron chi connectivity index (χ1n) is 8.14. The first-order chi connectivity index (χ1) is 11.5. The first-order valence-corrected chi connectivity index (χ1v) is 8.14. The van der Waals surface area contributed by atoms with Gasteiger partial charge < -0.3 is 10.3 Å². The third-order valence-corrected chi connectivity index (χ3v) is 4.84. The van der Waals surface area contributed by atoms with Crippen molar-refractivity contribution < 1.29 is 4.92 Å². The van der Waals surface area contributed by atoms with Crippen LogP contribution < -0.4 is 5.32 Å². The average Bonchev–Trinajstić information content (AvgIpc) is 2.94. The van der Waals surface area contributed by atoms with Crippen LogP contribution in [0.25, 0.3) is 10.9 Å². The second kappa shape index (κ2) is 5.46. The largest absolute Gasteiger partial charge is 0.356 e. The van der Waals surface area contributed by atoms with Crippen LogP contribution >= 0.6 is 0 Å². The Hall–Kier alpha value is -2.66. The minimum Gasteiger partial charge on any atom is -0.356 e. The number of nitro groups is 1. The molecule has 3 aromatic rings. The molecule has 2 N–H and O–H groups in total. The number of hydrogen-bond acceptors (Lipinski definition) is 3. The predicted octanol–water partition coefficient (Wildman–Crippen LogP) is 3.93. The van der Waals surface area contributed by atoms with Crippen LogP contribution in [0.5, 0.6) is 0 Å². The molecule has 0 aliphatic carbocycles. The number of non-ortho nitro benzene ring substituents is 1. The summed E-state index contributed by atoms with van der Waals surface area (Å²) in [7, 11) is 0. The van der Waals surface area contributed by atoms with E-state index in [1.165, 1.54) is 33.3 Å². The van der Waals surface area contributed by atoms with Crippen molar-refractivity contribution >= 4 is 16.6 Å². The summed E-state index contributed by atoms with van der Waals surface area (Å²) in [5.41, 5.74) is 7.42. The van der Waals surface area contributed by atoms with E-state index in [-0.39, 0.29) is 16.7 Å². The quantitative estimate of drug-likeness (QED) is 0.555. The highest BCUT2D eigenvalue weighted by molar-refractivity contribution is 5.88. The summed E-state index contributed by atoms with van der Waals surface area (Å²) in [6.07, 6.45) is 0.988. The van der Waals surface area contributed by atoms with Gasteiger partial charge in [-0.25, -0.2) is 0 Å². The maximum absolute atomic E-state index is 10.9. The van der Waals surface area contributed by atoms with Gasteiger partial charge in [0.1, 0.15) is 0 Å². The van der Waals surface area contributed by atoms with Gasteiger partial charge in [0.05, 0.1) is 11.0 Å². The summed E-state index contributed by atoms with van der Waals surface area (Å²) in [6, 6.07) is 11.3. The van der Waals surface area contributed by atoms with Crippen LogP contribution in [0.15, 0.2) is 36.4 Å². The molecule has 0 fully saturated rings. The molecule has 5 heteroatoms. The van der Waals surface area contributed by atoms with Crippen LogP contribution in [-0.4, -0.2) is 16.5 Å². The van der Waals surface area contributed by atoms with Gasteiger partial charge in [-0.05, 0) is 43.0 Å². The third-order valence-electron chi connectivity index (χ3n) is 4.84. The second-order valence-electron chi connectivity index (χ2n) is 6.51. The molecule has 4 rings (SSSR count). The topological polar surface area (TPSA) is 71.0 Å². The Balaban J connectivity index is 1.84. The van der Waals surface area contributed by atoms with Crippen LogP contribution in [0, 0.1) is 24.0 Å². The monoisotopic (exact) mass is 321 g/mol. The highest BCUT2D eigenvalue weighted by atomic mass is 16.6. The van der Waals surface area contributed by atoms with Gasteiger partial charge in [-0.2, -0.15) is 0 Å². The lowest BCUT2D eigenvalue weighted by atomic mass is 9.93. The number of nitrogens with one attached hydrogen (secondary N) is 2. The number of hydrogen-bond donors (Lipinski definition) is 2. The van der Waals surface area contributed by atoms with Gasteiger partial charge in [0.2, 0.25) is 0 Å². The molecule has 0 bridgehead atoms. The van der Waals surface area contributed by atoms with Gasteiger partial charge >= 0.3 is 0 Å². The lowest BCUT2D eigenvalue weighted by molar-refractivity contribution is -0.384. The molecule has 1 atom stereocenters. The minimum atomic E-state index is -0.363. The van der Waals surface area contributed by atoms with E-state index < -0.39 is 0 Å². The van der Waals surface area contributed by atoms with Gasteiger partial charge in [-0.15, -0.1) is 0 Å². The molecule has 0 spiro atoms. The summed E-state index contributed by atoms with van der Waals surface area (Å²) in [4.78, 5) is 14.1. The van der Waals surface area contributed by atoms with E-state index in [0.29, 0.717) is 0 Å². The number of H-pyrrole nitrogens is 1. The SMILES string of the molecule is Cc1cc(C)c2[nH]c3c(c2c1)CCNC3c1ccc([N+](=O)[O-])cc1. The zero-order chi connectivity index (χ0) is 16.8. The van der Waals surface area contributed by atoms with Gasteiger partial charge in [0, 0.05) is 35.3 Å². The van der Waals surface area contributed by atoms with Crippen molar-refractivity contribution in [2.45, 2.75) is 26.3 Å². The Morgan fingerprint density at radius 1 is 1.17 bits per heavy atom. The van der Waals surface area contributed by atoms with E-state index in [2.05, 4.69) is 36.3 Å². The first kappa shape index (κ1) is 14.9. The minimum absolute atomic E-state index is 0.0432. The molecule has 0 saturated heterocycles. The second-order valence-corrected chi connectivity index (χ2v) is 6.51. The fraction of sp³-hybridized carbons (Fsp3) is 0.263. The van der Waals surface area contributed by atoms with E-state index in [1.807, 2.05) is 12.1 Å². The van der Waals surface area contributed by atoms with E-state index in [4.69, 9.17) is 0 Å². The number of aryl methyl sites for hydroxylation is 2. The van der Waals surface area contributed by atoms with E-state index in [1.54, 1.807) is 12.1 Å². The Kier molecular flexibility index (Phi) is 3.39. The standard InChI is InChI=1S/C19H19N3O2/c1-11-9-12(2)17-16(10-11)15-7-8-20-18(19(15)21-17)13-3-5-14(6-4-13)22(23)24/h3-6,9-10,18,20-21H,7-8H2,1-2H3. The number of aromatic nitrogens is 1. The number of aromatic amines is 1. The Morgan fingerprint density at radius 2 is 1.92 bits per heavy atom. The number of fused-ring (bicyclic) bond motifs is 3. The summed E-state index contributed by atoms with van der Waals surface area (Å²) < 4.78 is 0. The molecule has 0 amide bonds. The van der Waals surface area contributed by atoms with E-state index >= 15 is 0 Å². The lowest BCUT2D eigenvalue weighted by Crippen LogP contribution is -2.30. The highest BCUT2D eigenvalue weighted by Gasteiger charge is 2.26. The van der Waals surface area contributed by atoms with Gasteiger partial charge in [-0.3, -0.25) is 10.1 Å². The zero-order valence-corrected chi connectivity index (χ0v) is 13.7. The van der Waals surface area contributed by atoms with Crippen LogP contribution in [0.3, 0.4) is 0 Å². The van der Waals surface area contributed by atoms with E-state index in [0.717, 1.165) is 18.5 Å². The highest BCUT2D eigenvalue weighted by Crippen LogP contribution is 2.35. The molecule has 0 radical (unpaired) electrons. The fourth-order valence-corrected chi connectivity index (χ4v) is 3.76. The Bertz CT molecular complexity index is 941. The van der Waals surface area contributed by atoms with Crippen molar-refractivity contribution in [3.05, 3.63) is 74.5 Å². The molecule has 1 aliphatic rings. The van der Waals surface area contributed by atoms with Crippen LogP contribution in [0.1, 0.15) is 34.0 Å². The van der Waals surface area contributed by atoms with Gasteiger partial charge in [0.25, 0.3) is 5.69 Å². The molecule has 2 heterocycles. The van der Waals surface area contributed by atoms with Crippen molar-refractivity contribution in [3.63, 3.8) is 0 Å². The Morgan fingerprint density at radius 3 is 2.62 bits per heavy atom. The summed E-state index contributed by atoms with van der Waals surface area (Å²) in [5.74, 6) is 0. The molecule has 5 nitrogen and oxygen atoms in total.